The smallest absolute Gasteiger partial charge is 0.125 e. The normalized spacial score (nSPS) is 14.9. The summed E-state index contributed by atoms with van der Waals surface area (Å²) in [5.74, 6) is 1.17. The molecule has 90 valence electrons. The molecule has 1 aromatic carbocycles. The largest absolute Gasteiger partial charge is 0.493 e. The minimum atomic E-state index is -1.03. The Morgan fingerprint density at radius 3 is 2.56 bits per heavy atom. The number of hydrogen-bond donors (Lipinski definition) is 2. The van der Waals surface area contributed by atoms with Crippen LogP contribution in [0.15, 0.2) is 24.3 Å². The second-order valence-electron chi connectivity index (χ2n) is 4.68. The highest BCUT2D eigenvalue weighted by atomic mass is 16.5. The molecule has 0 amide bonds. The second-order valence-corrected chi connectivity index (χ2v) is 4.68. The molecule has 0 aliphatic carbocycles. The number of para-hydroxylation sites is 1. The monoisotopic (exact) mass is 223 g/mol. The standard InChI is InChI=1S/C13H21NO2/c1-10(2)8-16-12-7-5-4-6-11(12)13(3,15)9-14/h4-7,10,15H,8-9,14H2,1-3H3. The van der Waals surface area contributed by atoms with E-state index in [2.05, 4.69) is 13.8 Å². The van der Waals surface area contributed by atoms with E-state index < -0.39 is 5.60 Å². The lowest BCUT2D eigenvalue weighted by atomic mass is 9.95. The Kier molecular flexibility index (Phi) is 4.33. The Bertz CT molecular complexity index is 334. The van der Waals surface area contributed by atoms with E-state index in [0.717, 1.165) is 5.56 Å². The lowest BCUT2D eigenvalue weighted by Gasteiger charge is -2.24. The lowest BCUT2D eigenvalue weighted by molar-refractivity contribution is 0.0627. The highest BCUT2D eigenvalue weighted by Crippen LogP contribution is 2.29. The van der Waals surface area contributed by atoms with Gasteiger partial charge in [0.25, 0.3) is 0 Å². The first kappa shape index (κ1) is 13.0. The van der Waals surface area contributed by atoms with E-state index >= 15 is 0 Å². The quantitative estimate of drug-likeness (QED) is 0.801. The van der Waals surface area contributed by atoms with Gasteiger partial charge in [-0.05, 0) is 18.9 Å². The van der Waals surface area contributed by atoms with Crippen molar-refractivity contribution in [3.63, 3.8) is 0 Å². The Morgan fingerprint density at radius 2 is 2.00 bits per heavy atom. The van der Waals surface area contributed by atoms with E-state index in [0.29, 0.717) is 18.3 Å². The summed E-state index contributed by atoms with van der Waals surface area (Å²) in [6.07, 6.45) is 0. The molecule has 16 heavy (non-hydrogen) atoms. The van der Waals surface area contributed by atoms with Gasteiger partial charge in [0.2, 0.25) is 0 Å². The molecule has 0 aliphatic rings. The van der Waals surface area contributed by atoms with Crippen LogP contribution in [0, 0.1) is 5.92 Å². The average molecular weight is 223 g/mol. The van der Waals surface area contributed by atoms with Crippen LogP contribution in [-0.2, 0) is 5.60 Å². The topological polar surface area (TPSA) is 55.5 Å². The number of aliphatic hydroxyl groups is 1. The molecule has 3 nitrogen and oxygen atoms in total. The molecule has 0 aliphatic heterocycles. The Labute approximate surface area is 97.2 Å². The summed E-state index contributed by atoms with van der Waals surface area (Å²) in [7, 11) is 0. The molecule has 3 heteroatoms. The van der Waals surface area contributed by atoms with Gasteiger partial charge in [0, 0.05) is 12.1 Å². The van der Waals surface area contributed by atoms with Gasteiger partial charge in [-0.3, -0.25) is 0 Å². The van der Waals surface area contributed by atoms with Crippen molar-refractivity contribution in [2.75, 3.05) is 13.2 Å². The fraction of sp³-hybridized carbons (Fsp3) is 0.538. The zero-order valence-corrected chi connectivity index (χ0v) is 10.2. The molecule has 1 aromatic rings. The first-order valence-corrected chi connectivity index (χ1v) is 5.62. The van der Waals surface area contributed by atoms with E-state index in [4.69, 9.17) is 10.5 Å². The van der Waals surface area contributed by atoms with Gasteiger partial charge in [0.05, 0.1) is 6.61 Å². The van der Waals surface area contributed by atoms with Gasteiger partial charge in [0.1, 0.15) is 11.4 Å². The van der Waals surface area contributed by atoms with Crippen LogP contribution in [0.3, 0.4) is 0 Å². The Balaban J connectivity index is 2.92. The minimum Gasteiger partial charge on any atom is -0.493 e. The van der Waals surface area contributed by atoms with E-state index in [-0.39, 0.29) is 6.54 Å². The third-order valence-corrected chi connectivity index (χ3v) is 2.44. The number of hydrogen-bond acceptors (Lipinski definition) is 3. The zero-order chi connectivity index (χ0) is 12.2. The van der Waals surface area contributed by atoms with Crippen LogP contribution in [0.2, 0.25) is 0 Å². The van der Waals surface area contributed by atoms with Crippen LogP contribution >= 0.6 is 0 Å². The van der Waals surface area contributed by atoms with Crippen LogP contribution in [0.25, 0.3) is 0 Å². The molecular formula is C13H21NO2. The van der Waals surface area contributed by atoms with Crippen LogP contribution < -0.4 is 10.5 Å². The predicted octanol–water partition coefficient (Wildman–Crippen LogP) is 1.89. The lowest BCUT2D eigenvalue weighted by Crippen LogP contribution is -2.31. The van der Waals surface area contributed by atoms with Gasteiger partial charge < -0.3 is 15.6 Å². The molecule has 0 radical (unpaired) electrons. The molecule has 1 rings (SSSR count). The van der Waals surface area contributed by atoms with Crippen molar-refractivity contribution in [3.8, 4) is 5.75 Å². The molecule has 0 spiro atoms. The van der Waals surface area contributed by atoms with Crippen LogP contribution in [-0.4, -0.2) is 18.3 Å². The molecule has 1 unspecified atom stereocenters. The van der Waals surface area contributed by atoms with Crippen LogP contribution in [0.5, 0.6) is 5.75 Å². The molecule has 0 bridgehead atoms. The molecule has 0 fully saturated rings. The van der Waals surface area contributed by atoms with Gasteiger partial charge in [0.15, 0.2) is 0 Å². The SMILES string of the molecule is CC(C)COc1ccccc1C(C)(O)CN. The first-order valence-electron chi connectivity index (χ1n) is 5.62. The fourth-order valence-electron chi connectivity index (χ4n) is 1.40. The van der Waals surface area contributed by atoms with Crippen molar-refractivity contribution in [2.45, 2.75) is 26.4 Å². The number of ether oxygens (including phenoxy) is 1. The number of nitrogens with two attached hydrogens (primary N) is 1. The van der Waals surface area contributed by atoms with Crippen molar-refractivity contribution < 1.29 is 9.84 Å². The third-order valence-electron chi connectivity index (χ3n) is 2.44. The summed E-state index contributed by atoms with van der Waals surface area (Å²) in [4.78, 5) is 0. The number of rotatable bonds is 5. The molecule has 1 atom stereocenters. The first-order chi connectivity index (χ1) is 7.47. The summed E-state index contributed by atoms with van der Waals surface area (Å²) >= 11 is 0. The predicted molar refractivity (Wildman–Crippen MR) is 65.4 cm³/mol. The highest BCUT2D eigenvalue weighted by Gasteiger charge is 2.24. The van der Waals surface area contributed by atoms with E-state index in [1.807, 2.05) is 24.3 Å². The maximum absolute atomic E-state index is 10.1. The Morgan fingerprint density at radius 1 is 1.38 bits per heavy atom. The van der Waals surface area contributed by atoms with Gasteiger partial charge >= 0.3 is 0 Å². The molecule has 0 heterocycles. The van der Waals surface area contributed by atoms with Crippen LogP contribution in [0.4, 0.5) is 0 Å². The highest BCUT2D eigenvalue weighted by molar-refractivity contribution is 5.37. The average Bonchev–Trinajstić information content (AvgIpc) is 2.26. The zero-order valence-electron chi connectivity index (χ0n) is 10.2. The molecule has 0 saturated carbocycles. The van der Waals surface area contributed by atoms with Crippen molar-refractivity contribution >= 4 is 0 Å². The summed E-state index contributed by atoms with van der Waals surface area (Å²) < 4.78 is 5.67. The van der Waals surface area contributed by atoms with E-state index in [9.17, 15) is 5.11 Å². The maximum Gasteiger partial charge on any atom is 0.125 e. The van der Waals surface area contributed by atoms with Crippen LogP contribution in [0.1, 0.15) is 26.3 Å². The molecule has 3 N–H and O–H groups in total. The fourth-order valence-corrected chi connectivity index (χ4v) is 1.40. The van der Waals surface area contributed by atoms with Crippen molar-refractivity contribution in [1.82, 2.24) is 0 Å². The maximum atomic E-state index is 10.1. The molecule has 0 saturated heterocycles. The van der Waals surface area contributed by atoms with Gasteiger partial charge in [-0.1, -0.05) is 32.0 Å². The van der Waals surface area contributed by atoms with Gasteiger partial charge in [-0.15, -0.1) is 0 Å². The second kappa shape index (κ2) is 5.32. The molecule has 0 aromatic heterocycles. The minimum absolute atomic E-state index is 0.176. The van der Waals surface area contributed by atoms with E-state index in [1.54, 1.807) is 6.92 Å². The van der Waals surface area contributed by atoms with Gasteiger partial charge in [-0.2, -0.15) is 0 Å². The summed E-state index contributed by atoms with van der Waals surface area (Å²) in [5, 5.41) is 10.1. The van der Waals surface area contributed by atoms with Crippen molar-refractivity contribution in [1.29, 1.82) is 0 Å². The summed E-state index contributed by atoms with van der Waals surface area (Å²) in [6, 6.07) is 7.48. The Hall–Kier alpha value is -1.06. The summed E-state index contributed by atoms with van der Waals surface area (Å²) in [6.45, 7) is 6.69. The molecular weight excluding hydrogens is 202 g/mol. The third kappa shape index (κ3) is 3.22. The van der Waals surface area contributed by atoms with E-state index in [1.165, 1.54) is 0 Å². The number of benzene rings is 1. The van der Waals surface area contributed by atoms with Crippen molar-refractivity contribution in [2.24, 2.45) is 11.7 Å². The van der Waals surface area contributed by atoms with Gasteiger partial charge in [-0.25, -0.2) is 0 Å². The van der Waals surface area contributed by atoms with Crippen molar-refractivity contribution in [3.05, 3.63) is 29.8 Å². The summed E-state index contributed by atoms with van der Waals surface area (Å²) in [5.41, 5.74) is 5.27.